The number of pyridine rings is 1. The fourth-order valence-electron chi connectivity index (χ4n) is 4.34. The number of nitrogens with two attached hydrogens (primary N) is 1. The van der Waals surface area contributed by atoms with Gasteiger partial charge in [0.05, 0.1) is 52.3 Å². The number of amidine groups is 1. The van der Waals surface area contributed by atoms with E-state index in [1.165, 1.54) is 4.90 Å². The number of halogens is 2. The van der Waals surface area contributed by atoms with Crippen molar-refractivity contribution < 1.29 is 18.5 Å². The molecule has 3 atom stereocenters. The number of allylic oxidation sites excluding steroid dienone is 2. The Labute approximate surface area is 246 Å². The molecule has 1 aliphatic rings. The lowest BCUT2D eigenvalue weighted by atomic mass is 10.1. The van der Waals surface area contributed by atoms with Crippen molar-refractivity contribution in [2.24, 2.45) is 5.73 Å². The molecule has 5 N–H and O–H groups in total. The van der Waals surface area contributed by atoms with Crippen LogP contribution in [0, 0.1) is 19.3 Å². The Morgan fingerprint density at radius 2 is 2.05 bits per heavy atom. The number of aryl methyl sites for hydroxylation is 2. The predicted octanol–water partition coefficient (Wildman–Crippen LogP) is 5.23. The molecular formula is C29H32ClFN6O3S. The van der Waals surface area contributed by atoms with Crippen molar-refractivity contribution in [1.82, 2.24) is 9.97 Å². The number of ketones is 1. The lowest BCUT2D eigenvalue weighted by Crippen LogP contribution is -2.31. The standard InChI is InChI=1S/C29H32ClFN6O3S/c1-17-11-19-13-24(35-23(19)14-22(17)36-41(39)10-6-9-31)28(38)20(15-32)29(33)37(3)25-16-34-27(12-18(25)2)40-26-8-5-4-7-21(26)30/h4-5,7-8,11-16,21,26,33,35-36H,6,9-10,32H2,1-3H3. The first-order chi connectivity index (χ1) is 19.6. The molecule has 41 heavy (non-hydrogen) atoms. The van der Waals surface area contributed by atoms with Gasteiger partial charge in [-0.05, 0) is 49.2 Å². The summed E-state index contributed by atoms with van der Waals surface area (Å²) in [7, 11) is 1.66. The average Bonchev–Trinajstić information content (AvgIpc) is 3.36. The van der Waals surface area contributed by atoms with E-state index in [1.807, 2.05) is 44.2 Å². The van der Waals surface area contributed by atoms with Crippen LogP contribution in [0.1, 0.15) is 28.0 Å². The van der Waals surface area contributed by atoms with Crippen molar-refractivity contribution in [1.29, 1.82) is 5.41 Å². The fourth-order valence-corrected chi connectivity index (χ4v) is 5.49. The number of benzene rings is 1. The van der Waals surface area contributed by atoms with E-state index < -0.39 is 23.8 Å². The number of carbonyl (C=O) groups is 1. The molecule has 9 nitrogen and oxygen atoms in total. The number of fused-ring (bicyclic) bond motifs is 1. The van der Waals surface area contributed by atoms with Crippen LogP contribution in [0.3, 0.4) is 0 Å². The van der Waals surface area contributed by atoms with E-state index >= 15 is 0 Å². The number of nitrogens with one attached hydrogen (secondary N) is 3. The summed E-state index contributed by atoms with van der Waals surface area (Å²) in [5.74, 6) is 0.00490. The lowest BCUT2D eigenvalue weighted by Gasteiger charge is -2.24. The second kappa shape index (κ2) is 13.2. The first-order valence-corrected chi connectivity index (χ1v) is 14.6. The second-order valence-corrected chi connectivity index (χ2v) is 11.4. The maximum atomic E-state index is 13.5. The summed E-state index contributed by atoms with van der Waals surface area (Å²) in [6.45, 7) is 3.17. The Hall–Kier alpha value is -3.80. The SMILES string of the molecule is Cc1cc2cc(C(=O)C(=CN)C(=N)N(C)c3cnc(OC4C=CC=CC4Cl)cc3C)[nH]c2cc1N[S+]([O-])CCCF. The maximum Gasteiger partial charge on any atom is 0.214 e. The number of hydrogen-bond donors (Lipinski definition) is 4. The van der Waals surface area contributed by atoms with Gasteiger partial charge in [0.25, 0.3) is 0 Å². The summed E-state index contributed by atoms with van der Waals surface area (Å²) in [6.07, 6.45) is 9.95. The molecule has 1 aromatic carbocycles. The third kappa shape index (κ3) is 6.92. The monoisotopic (exact) mass is 598 g/mol. The molecule has 0 bridgehead atoms. The van der Waals surface area contributed by atoms with E-state index in [0.29, 0.717) is 22.8 Å². The van der Waals surface area contributed by atoms with Crippen molar-refractivity contribution in [3.8, 4) is 5.88 Å². The molecule has 3 unspecified atom stereocenters. The van der Waals surface area contributed by atoms with Gasteiger partial charge in [0.15, 0.2) is 0 Å². The van der Waals surface area contributed by atoms with Crippen molar-refractivity contribution >= 4 is 56.9 Å². The zero-order chi connectivity index (χ0) is 29.7. The highest BCUT2D eigenvalue weighted by atomic mass is 35.5. The topological polar surface area (TPSA) is 143 Å². The molecule has 0 saturated heterocycles. The van der Waals surface area contributed by atoms with Crippen molar-refractivity contribution in [2.75, 3.05) is 29.1 Å². The maximum absolute atomic E-state index is 13.5. The molecular weight excluding hydrogens is 567 g/mol. The Balaban J connectivity index is 1.50. The van der Waals surface area contributed by atoms with Gasteiger partial charge in [0.1, 0.15) is 17.7 Å². The zero-order valence-electron chi connectivity index (χ0n) is 22.9. The van der Waals surface area contributed by atoms with E-state index in [9.17, 15) is 13.7 Å². The number of ether oxygens (including phenoxy) is 1. The highest BCUT2D eigenvalue weighted by Crippen LogP contribution is 2.28. The van der Waals surface area contributed by atoms with E-state index in [1.54, 1.807) is 31.4 Å². The summed E-state index contributed by atoms with van der Waals surface area (Å²) in [4.78, 5) is 22.5. The van der Waals surface area contributed by atoms with Crippen LogP contribution in [0.4, 0.5) is 15.8 Å². The highest BCUT2D eigenvalue weighted by molar-refractivity contribution is 7.92. The summed E-state index contributed by atoms with van der Waals surface area (Å²) in [5, 5.41) is 9.22. The minimum atomic E-state index is -1.43. The van der Waals surface area contributed by atoms with E-state index in [2.05, 4.69) is 14.7 Å². The fraction of sp³-hybridized carbons (Fsp3) is 0.276. The van der Waals surface area contributed by atoms with Gasteiger partial charge in [-0.2, -0.15) is 0 Å². The Morgan fingerprint density at radius 3 is 2.73 bits per heavy atom. The number of likely N-dealkylation sites (N-methyl/N-ethyl adjacent to an activating group) is 1. The minimum absolute atomic E-state index is 0.00899. The van der Waals surface area contributed by atoms with Crippen LogP contribution < -0.4 is 20.1 Å². The summed E-state index contributed by atoms with van der Waals surface area (Å²) in [6, 6.07) is 7.04. The summed E-state index contributed by atoms with van der Waals surface area (Å²) in [5.41, 5.74) is 9.53. The van der Waals surface area contributed by atoms with E-state index in [4.69, 9.17) is 27.5 Å². The third-order valence-corrected chi connectivity index (χ3v) is 8.10. The van der Waals surface area contributed by atoms with Crippen molar-refractivity contribution in [3.63, 3.8) is 0 Å². The molecule has 216 valence electrons. The Morgan fingerprint density at radius 1 is 1.29 bits per heavy atom. The normalized spacial score (nSPS) is 17.5. The molecule has 0 aliphatic heterocycles. The summed E-state index contributed by atoms with van der Waals surface area (Å²) >= 11 is 4.87. The molecule has 12 heteroatoms. The van der Waals surface area contributed by atoms with Crippen LogP contribution >= 0.6 is 11.6 Å². The highest BCUT2D eigenvalue weighted by Gasteiger charge is 2.24. The van der Waals surface area contributed by atoms with Gasteiger partial charge in [-0.25, -0.2) is 9.71 Å². The van der Waals surface area contributed by atoms with Crippen LogP contribution in [0.25, 0.3) is 10.9 Å². The molecule has 0 amide bonds. The number of rotatable bonds is 11. The molecule has 0 saturated carbocycles. The molecule has 4 rings (SSSR count). The molecule has 2 heterocycles. The molecule has 3 aromatic rings. The van der Waals surface area contributed by atoms with Crippen LogP contribution in [-0.2, 0) is 11.4 Å². The number of aromatic amines is 1. The number of anilines is 2. The lowest BCUT2D eigenvalue weighted by molar-refractivity contribution is 0.103. The second-order valence-electron chi connectivity index (χ2n) is 9.55. The summed E-state index contributed by atoms with van der Waals surface area (Å²) < 4.78 is 33.4. The number of H-pyrrole nitrogens is 1. The largest absolute Gasteiger partial charge is 0.593 e. The first kappa shape index (κ1) is 30.2. The average molecular weight is 599 g/mol. The van der Waals surface area contributed by atoms with Crippen LogP contribution in [-0.4, -0.2) is 57.1 Å². The Bertz CT molecular complexity index is 1540. The van der Waals surface area contributed by atoms with Gasteiger partial charge in [-0.15, -0.1) is 11.6 Å². The van der Waals surface area contributed by atoms with Crippen molar-refractivity contribution in [2.45, 2.75) is 31.7 Å². The third-order valence-electron chi connectivity index (χ3n) is 6.60. The van der Waals surface area contributed by atoms with Crippen molar-refractivity contribution in [3.05, 3.63) is 83.4 Å². The van der Waals surface area contributed by atoms with Crippen LogP contribution in [0.5, 0.6) is 5.88 Å². The van der Waals surface area contributed by atoms with Crippen LogP contribution in [0.15, 0.2) is 66.5 Å². The predicted molar refractivity (Wildman–Crippen MR) is 164 cm³/mol. The molecule has 0 fully saturated rings. The van der Waals surface area contributed by atoms with Gasteiger partial charge in [-0.1, -0.05) is 18.2 Å². The van der Waals surface area contributed by atoms with Gasteiger partial charge in [-0.3, -0.25) is 14.6 Å². The smallest absolute Gasteiger partial charge is 0.214 e. The van der Waals surface area contributed by atoms with Gasteiger partial charge in [0.2, 0.25) is 11.7 Å². The number of alkyl halides is 2. The number of aromatic nitrogens is 2. The Kier molecular flexibility index (Phi) is 9.74. The first-order valence-electron chi connectivity index (χ1n) is 12.9. The molecule has 0 spiro atoms. The zero-order valence-corrected chi connectivity index (χ0v) is 24.5. The minimum Gasteiger partial charge on any atom is -0.593 e. The molecule has 2 aromatic heterocycles. The number of nitrogens with zero attached hydrogens (tertiary/aromatic N) is 2. The van der Waals surface area contributed by atoms with E-state index in [-0.39, 0.29) is 40.8 Å². The van der Waals surface area contributed by atoms with Gasteiger partial charge in [0, 0.05) is 36.6 Å². The van der Waals surface area contributed by atoms with E-state index in [0.717, 1.165) is 22.7 Å². The van der Waals surface area contributed by atoms with Gasteiger partial charge < -0.3 is 24.9 Å². The quantitative estimate of drug-likeness (QED) is 0.0590. The van der Waals surface area contributed by atoms with Crippen LogP contribution in [0.2, 0.25) is 0 Å². The number of hydrogen-bond acceptors (Lipinski definition) is 7. The molecule has 0 radical (unpaired) electrons. The number of carbonyl (C=O) groups excluding carboxylic acids is 1. The molecule has 1 aliphatic carbocycles. The van der Waals surface area contributed by atoms with Gasteiger partial charge >= 0.3 is 0 Å². The number of Topliss-reactive ketones (excluding diaryl/α,β-unsaturated/α-hetero) is 1.